The molecule has 118 valence electrons. The van der Waals surface area contributed by atoms with Crippen LogP contribution in [0.25, 0.3) is 0 Å². The third kappa shape index (κ3) is 2.70. The monoisotopic (exact) mass is 339 g/mol. The van der Waals surface area contributed by atoms with Crippen LogP contribution in [0.5, 0.6) is 0 Å². The van der Waals surface area contributed by atoms with E-state index in [9.17, 15) is 22.8 Å². The van der Waals surface area contributed by atoms with Gasteiger partial charge in [0, 0.05) is 0 Å². The molecule has 0 spiro atoms. The van der Waals surface area contributed by atoms with E-state index in [-0.39, 0.29) is 23.2 Å². The number of carbonyl (C=O) groups excluding carboxylic acids is 2. The van der Waals surface area contributed by atoms with Crippen LogP contribution in [0.3, 0.4) is 0 Å². The zero-order valence-corrected chi connectivity index (χ0v) is 12.3. The lowest BCUT2D eigenvalue weighted by Gasteiger charge is -2.16. The molecule has 0 N–H and O–H groups in total. The average molecular weight is 340 g/mol. The van der Waals surface area contributed by atoms with E-state index in [4.69, 9.17) is 11.6 Å². The fourth-order valence-electron chi connectivity index (χ4n) is 2.45. The number of hydrogen-bond acceptors (Lipinski definition) is 2. The highest BCUT2D eigenvalue weighted by Gasteiger charge is 2.36. The molecule has 23 heavy (non-hydrogen) atoms. The summed E-state index contributed by atoms with van der Waals surface area (Å²) in [4.78, 5) is 25.4. The number of amides is 2. The summed E-state index contributed by atoms with van der Waals surface area (Å²) in [6.07, 6.45) is -4.60. The van der Waals surface area contributed by atoms with E-state index in [0.29, 0.717) is 0 Å². The van der Waals surface area contributed by atoms with Gasteiger partial charge in [0.15, 0.2) is 0 Å². The predicted octanol–water partition coefficient (Wildman–Crippen LogP) is 4.16. The maximum absolute atomic E-state index is 12.9. The van der Waals surface area contributed by atoms with Gasteiger partial charge in [-0.15, -0.1) is 0 Å². The van der Waals surface area contributed by atoms with Crippen LogP contribution in [0.4, 0.5) is 13.2 Å². The molecule has 0 unspecified atom stereocenters. The largest absolute Gasteiger partial charge is 0.417 e. The average Bonchev–Trinajstić information content (AvgIpc) is 2.73. The molecule has 1 aliphatic rings. The van der Waals surface area contributed by atoms with Crippen molar-refractivity contribution in [2.75, 3.05) is 0 Å². The van der Waals surface area contributed by atoms with Crippen LogP contribution in [-0.4, -0.2) is 16.7 Å². The van der Waals surface area contributed by atoms with Gasteiger partial charge in [-0.3, -0.25) is 14.5 Å². The molecular formula is C16H9ClF3NO2. The summed E-state index contributed by atoms with van der Waals surface area (Å²) in [6.45, 7) is -0.243. The van der Waals surface area contributed by atoms with Gasteiger partial charge in [0.2, 0.25) is 0 Å². The predicted molar refractivity (Wildman–Crippen MR) is 77.1 cm³/mol. The van der Waals surface area contributed by atoms with Gasteiger partial charge < -0.3 is 0 Å². The zero-order valence-electron chi connectivity index (χ0n) is 11.5. The van der Waals surface area contributed by atoms with Crippen molar-refractivity contribution in [1.82, 2.24) is 4.90 Å². The molecule has 0 saturated heterocycles. The number of benzene rings is 2. The lowest BCUT2D eigenvalue weighted by molar-refractivity contribution is -0.137. The van der Waals surface area contributed by atoms with Gasteiger partial charge in [-0.2, -0.15) is 13.2 Å². The molecule has 0 radical (unpaired) electrons. The molecule has 0 aliphatic carbocycles. The molecule has 0 fully saturated rings. The first-order valence-corrected chi connectivity index (χ1v) is 6.97. The van der Waals surface area contributed by atoms with Crippen LogP contribution in [0.1, 0.15) is 31.8 Å². The number of halogens is 4. The zero-order chi connectivity index (χ0) is 16.8. The van der Waals surface area contributed by atoms with Crippen molar-refractivity contribution in [3.63, 3.8) is 0 Å². The van der Waals surface area contributed by atoms with E-state index < -0.39 is 28.6 Å². The Labute approximate surface area is 134 Å². The van der Waals surface area contributed by atoms with E-state index in [1.807, 2.05) is 0 Å². The van der Waals surface area contributed by atoms with E-state index in [0.717, 1.165) is 17.0 Å². The van der Waals surface area contributed by atoms with Crippen LogP contribution in [0, 0.1) is 0 Å². The summed E-state index contributed by atoms with van der Waals surface area (Å²) in [6, 6.07) is 9.59. The smallest absolute Gasteiger partial charge is 0.270 e. The number of hydrogen-bond donors (Lipinski definition) is 0. The van der Waals surface area contributed by atoms with Crippen molar-refractivity contribution in [3.05, 3.63) is 69.7 Å². The van der Waals surface area contributed by atoms with Gasteiger partial charge in [-0.25, -0.2) is 0 Å². The van der Waals surface area contributed by atoms with E-state index in [2.05, 4.69) is 0 Å². The van der Waals surface area contributed by atoms with E-state index in [1.54, 1.807) is 12.1 Å². The molecule has 7 heteroatoms. The fourth-order valence-corrected chi connectivity index (χ4v) is 2.68. The Hall–Kier alpha value is -2.34. The van der Waals surface area contributed by atoms with Crippen LogP contribution < -0.4 is 0 Å². The second kappa shape index (κ2) is 5.38. The van der Waals surface area contributed by atoms with Gasteiger partial charge in [0.05, 0.1) is 28.3 Å². The van der Waals surface area contributed by atoms with Gasteiger partial charge >= 0.3 is 6.18 Å². The minimum atomic E-state index is -4.60. The highest BCUT2D eigenvalue weighted by molar-refractivity contribution is 6.31. The third-order valence-electron chi connectivity index (χ3n) is 3.56. The standard InChI is InChI=1S/C16H9ClF3NO2/c17-13-6-5-9(7-12(13)16(18,19)20)8-21-14(22)10-3-1-2-4-11(10)15(21)23/h1-7H,8H2. The summed E-state index contributed by atoms with van der Waals surface area (Å²) >= 11 is 5.56. The van der Waals surface area contributed by atoms with Crippen molar-refractivity contribution >= 4 is 23.4 Å². The number of rotatable bonds is 2. The van der Waals surface area contributed by atoms with E-state index in [1.165, 1.54) is 18.2 Å². The molecule has 0 atom stereocenters. The maximum atomic E-state index is 12.9. The molecule has 1 heterocycles. The molecule has 0 bridgehead atoms. The third-order valence-corrected chi connectivity index (χ3v) is 3.88. The van der Waals surface area contributed by atoms with Crippen LogP contribution in [-0.2, 0) is 12.7 Å². The molecule has 3 nitrogen and oxygen atoms in total. The molecule has 2 aromatic carbocycles. The Kier molecular flexibility index (Phi) is 3.64. The Morgan fingerprint density at radius 2 is 1.52 bits per heavy atom. The lowest BCUT2D eigenvalue weighted by atomic mass is 10.1. The van der Waals surface area contributed by atoms with Crippen molar-refractivity contribution in [2.24, 2.45) is 0 Å². The van der Waals surface area contributed by atoms with Crippen LogP contribution in [0.2, 0.25) is 5.02 Å². The molecule has 0 saturated carbocycles. The Balaban J connectivity index is 1.93. The molecule has 0 aromatic heterocycles. The minimum Gasteiger partial charge on any atom is -0.270 e. The summed E-state index contributed by atoms with van der Waals surface area (Å²) < 4.78 is 38.6. The second-order valence-electron chi connectivity index (χ2n) is 5.05. The summed E-state index contributed by atoms with van der Waals surface area (Å²) in [7, 11) is 0. The second-order valence-corrected chi connectivity index (χ2v) is 5.46. The van der Waals surface area contributed by atoms with Crippen molar-refractivity contribution in [3.8, 4) is 0 Å². The number of carbonyl (C=O) groups is 2. The van der Waals surface area contributed by atoms with Crippen molar-refractivity contribution < 1.29 is 22.8 Å². The van der Waals surface area contributed by atoms with Crippen molar-refractivity contribution in [2.45, 2.75) is 12.7 Å². The SMILES string of the molecule is O=C1c2ccccc2C(=O)N1Cc1ccc(Cl)c(C(F)(F)F)c1. The quantitative estimate of drug-likeness (QED) is 0.771. The normalized spacial score (nSPS) is 14.3. The molecular weight excluding hydrogens is 331 g/mol. The molecule has 3 rings (SSSR count). The van der Waals surface area contributed by atoms with Gasteiger partial charge in [0.1, 0.15) is 0 Å². The summed E-state index contributed by atoms with van der Waals surface area (Å²) in [5.41, 5.74) is -0.311. The Bertz CT molecular complexity index is 782. The highest BCUT2D eigenvalue weighted by Crippen LogP contribution is 2.35. The summed E-state index contributed by atoms with van der Waals surface area (Å²) in [5, 5.41) is -0.427. The number of fused-ring (bicyclic) bond motifs is 1. The minimum absolute atomic E-state index is 0.177. The Morgan fingerprint density at radius 3 is 2.04 bits per heavy atom. The first kappa shape index (κ1) is 15.6. The number of imide groups is 1. The highest BCUT2D eigenvalue weighted by atomic mass is 35.5. The summed E-state index contributed by atoms with van der Waals surface area (Å²) in [5.74, 6) is -1.04. The van der Waals surface area contributed by atoms with Gasteiger partial charge in [-0.05, 0) is 29.8 Å². The number of nitrogens with zero attached hydrogens (tertiary/aromatic N) is 1. The van der Waals surface area contributed by atoms with Crippen LogP contribution >= 0.6 is 11.6 Å². The number of alkyl halides is 3. The Morgan fingerprint density at radius 1 is 0.957 bits per heavy atom. The topological polar surface area (TPSA) is 37.4 Å². The van der Waals surface area contributed by atoms with Gasteiger partial charge in [-0.1, -0.05) is 29.8 Å². The molecule has 2 amide bonds. The maximum Gasteiger partial charge on any atom is 0.417 e. The fraction of sp³-hybridized carbons (Fsp3) is 0.125. The van der Waals surface area contributed by atoms with Crippen molar-refractivity contribution in [1.29, 1.82) is 0 Å². The lowest BCUT2D eigenvalue weighted by Crippen LogP contribution is -2.29. The van der Waals surface area contributed by atoms with Gasteiger partial charge in [0.25, 0.3) is 11.8 Å². The van der Waals surface area contributed by atoms with Crippen LogP contribution in [0.15, 0.2) is 42.5 Å². The molecule has 1 aliphatic heterocycles. The van der Waals surface area contributed by atoms with E-state index >= 15 is 0 Å². The first-order chi connectivity index (χ1) is 10.8. The first-order valence-electron chi connectivity index (χ1n) is 6.60. The molecule has 2 aromatic rings.